The molecule has 7 rings (SSSR count). The van der Waals surface area contributed by atoms with Crippen molar-refractivity contribution < 1.29 is 64.2 Å². The summed E-state index contributed by atoms with van der Waals surface area (Å²) in [5.41, 5.74) is 0.822. The molecular weight excluding hydrogens is 680 g/mol. The van der Waals surface area contributed by atoms with Crippen LogP contribution in [-0.4, -0.2) is 133 Å². The fraction of sp³-hybridized carbons (Fsp3) is 0.452. The Hall–Kier alpha value is -4.61. The summed E-state index contributed by atoms with van der Waals surface area (Å²) in [5.74, 6) is 0.671. The summed E-state index contributed by atoms with van der Waals surface area (Å²) in [4.78, 5) is 13.3. The summed E-state index contributed by atoms with van der Waals surface area (Å²) in [7, 11) is 0. The van der Waals surface area contributed by atoms with Gasteiger partial charge in [-0.15, -0.1) is 10.2 Å². The third-order valence-electron chi connectivity index (χ3n) is 8.76. The van der Waals surface area contributed by atoms with Crippen molar-refractivity contribution in [1.82, 2.24) is 30.0 Å². The highest BCUT2D eigenvalue weighted by molar-refractivity contribution is 5.90. The van der Waals surface area contributed by atoms with E-state index >= 15 is 0 Å². The van der Waals surface area contributed by atoms with Crippen LogP contribution >= 0.6 is 0 Å². The molecule has 0 spiro atoms. The molecule has 8 N–H and O–H groups in total. The van der Waals surface area contributed by atoms with E-state index in [0.29, 0.717) is 33.7 Å². The molecule has 20 heteroatoms. The molecule has 0 aliphatic carbocycles. The van der Waals surface area contributed by atoms with E-state index in [9.17, 15) is 45.6 Å². The standard InChI is InChI=1S/C31H34N6O14/c38-9-21-24(41)26(43)28(45)30(50-21)36-7-13(32-34-36)11-47-15-1-3-17-19(5-15)49-20-6-16(2-4-18(20)23(17)40)48-12-14-8-37(35-33-14)31-29(46)27(44)25(42)22(10-39)51-31/h1-8,21-22,24-31,38-39,41-46H,9-12H2/t21-,22-,24+,25+,26+,27+,28-,29-,30-,31-/m1/s1. The highest BCUT2D eigenvalue weighted by Gasteiger charge is 2.46. The summed E-state index contributed by atoms with van der Waals surface area (Å²) in [6.07, 6.45) is -11.1. The summed E-state index contributed by atoms with van der Waals surface area (Å²) < 4.78 is 31.0. The Kier molecular flexibility index (Phi) is 9.69. The largest absolute Gasteiger partial charge is 0.487 e. The first-order valence-corrected chi connectivity index (χ1v) is 15.7. The van der Waals surface area contributed by atoms with E-state index in [1.165, 1.54) is 24.5 Å². The molecule has 3 aromatic heterocycles. The van der Waals surface area contributed by atoms with E-state index in [2.05, 4.69) is 20.6 Å². The van der Waals surface area contributed by atoms with Crippen LogP contribution in [0.1, 0.15) is 23.8 Å². The van der Waals surface area contributed by atoms with E-state index in [0.717, 1.165) is 9.36 Å². The molecule has 5 heterocycles. The number of rotatable bonds is 10. The molecule has 272 valence electrons. The van der Waals surface area contributed by atoms with Gasteiger partial charge in [-0.2, -0.15) is 0 Å². The Balaban J connectivity index is 1.02. The van der Waals surface area contributed by atoms with Gasteiger partial charge in [0, 0.05) is 12.1 Å². The van der Waals surface area contributed by atoms with Gasteiger partial charge in [0.05, 0.1) is 36.4 Å². The number of hydrogen-bond donors (Lipinski definition) is 8. The summed E-state index contributed by atoms with van der Waals surface area (Å²) in [6, 6.07) is 9.35. The first kappa shape index (κ1) is 34.8. The smallest absolute Gasteiger partial charge is 0.200 e. The third-order valence-corrected chi connectivity index (χ3v) is 8.76. The Morgan fingerprint density at radius 2 is 1.06 bits per heavy atom. The number of aliphatic hydroxyl groups excluding tert-OH is 8. The highest BCUT2D eigenvalue weighted by atomic mass is 16.6. The molecular formula is C31H34N6O14. The average Bonchev–Trinajstić information content (AvgIpc) is 3.81. The maximum atomic E-state index is 13.3. The highest BCUT2D eigenvalue weighted by Crippen LogP contribution is 2.30. The van der Waals surface area contributed by atoms with Crippen LogP contribution in [0, 0.1) is 0 Å². The SMILES string of the molecule is O=c1c2ccc(OCc3cn([C@@H]4O[C@H](CO)[C@H](O)[C@H](O)[C@H]4O)nn3)cc2oc2cc(OCc3cn([C@@H]4O[C@H](CO)[C@H](O)[C@H](O)[C@H]4O)nn3)ccc12. The molecule has 2 aliphatic rings. The third kappa shape index (κ3) is 6.65. The predicted octanol–water partition coefficient (Wildman–Crippen LogP) is -2.77. The van der Waals surface area contributed by atoms with Crippen molar-refractivity contribution in [1.29, 1.82) is 0 Å². The van der Waals surface area contributed by atoms with Crippen LogP contribution < -0.4 is 14.9 Å². The van der Waals surface area contributed by atoms with Gasteiger partial charge in [-0.3, -0.25) is 4.79 Å². The Morgan fingerprint density at radius 3 is 1.47 bits per heavy atom. The number of aliphatic hydroxyl groups is 8. The summed E-state index contributed by atoms with van der Waals surface area (Å²) >= 11 is 0. The lowest BCUT2D eigenvalue weighted by molar-refractivity contribution is -0.254. The quantitative estimate of drug-likeness (QED) is 0.0679. The van der Waals surface area contributed by atoms with Crippen molar-refractivity contribution in [3.63, 3.8) is 0 Å². The zero-order chi connectivity index (χ0) is 36.0. The molecule has 51 heavy (non-hydrogen) atoms. The second kappa shape index (κ2) is 14.2. The summed E-state index contributed by atoms with van der Waals surface area (Å²) in [5, 5.41) is 96.2. The van der Waals surface area contributed by atoms with Gasteiger partial charge in [-0.05, 0) is 24.3 Å². The van der Waals surface area contributed by atoms with Gasteiger partial charge in [-0.25, -0.2) is 9.36 Å². The van der Waals surface area contributed by atoms with Crippen molar-refractivity contribution in [2.24, 2.45) is 0 Å². The molecule has 0 radical (unpaired) electrons. The van der Waals surface area contributed by atoms with E-state index in [1.54, 1.807) is 24.3 Å². The normalized spacial score (nSPS) is 29.8. The lowest BCUT2D eigenvalue weighted by Gasteiger charge is -2.39. The minimum Gasteiger partial charge on any atom is -0.487 e. The van der Waals surface area contributed by atoms with Crippen LogP contribution in [0.25, 0.3) is 21.9 Å². The molecule has 0 saturated carbocycles. The van der Waals surface area contributed by atoms with Gasteiger partial charge in [0.15, 0.2) is 12.5 Å². The van der Waals surface area contributed by atoms with Gasteiger partial charge < -0.3 is 64.2 Å². The number of benzene rings is 2. The Bertz CT molecular complexity index is 1910. The van der Waals surface area contributed by atoms with Gasteiger partial charge >= 0.3 is 0 Å². The van der Waals surface area contributed by atoms with Gasteiger partial charge in [0.25, 0.3) is 0 Å². The lowest BCUT2D eigenvalue weighted by Crippen LogP contribution is -2.56. The molecule has 2 saturated heterocycles. The van der Waals surface area contributed by atoms with Crippen LogP contribution in [-0.2, 0) is 22.7 Å². The molecule has 5 aromatic rings. The average molecular weight is 715 g/mol. The van der Waals surface area contributed by atoms with E-state index < -0.39 is 74.5 Å². The van der Waals surface area contributed by atoms with Crippen LogP contribution in [0.3, 0.4) is 0 Å². The number of hydrogen-bond acceptors (Lipinski definition) is 18. The minimum atomic E-state index is -1.58. The van der Waals surface area contributed by atoms with Crippen LogP contribution in [0.15, 0.2) is 58.0 Å². The van der Waals surface area contributed by atoms with Gasteiger partial charge in [-0.1, -0.05) is 10.4 Å². The Morgan fingerprint density at radius 1 is 0.627 bits per heavy atom. The Labute approximate surface area is 285 Å². The molecule has 0 bridgehead atoms. The van der Waals surface area contributed by atoms with E-state index in [1.807, 2.05) is 0 Å². The fourth-order valence-electron chi connectivity index (χ4n) is 5.92. The molecule has 2 fully saturated rings. The molecule has 0 unspecified atom stereocenters. The second-order valence-electron chi connectivity index (χ2n) is 12.1. The minimum absolute atomic E-state index is 0.0836. The van der Waals surface area contributed by atoms with Crippen molar-refractivity contribution in [2.75, 3.05) is 13.2 Å². The van der Waals surface area contributed by atoms with Crippen molar-refractivity contribution >= 4 is 21.9 Å². The maximum Gasteiger partial charge on any atom is 0.200 e. The van der Waals surface area contributed by atoms with Crippen molar-refractivity contribution in [3.8, 4) is 11.5 Å². The fourth-order valence-corrected chi connectivity index (χ4v) is 5.92. The van der Waals surface area contributed by atoms with Crippen LogP contribution in [0.5, 0.6) is 11.5 Å². The molecule has 0 amide bonds. The van der Waals surface area contributed by atoms with Crippen molar-refractivity contribution in [2.45, 2.75) is 74.5 Å². The van der Waals surface area contributed by atoms with Gasteiger partial charge in [0.2, 0.25) is 5.43 Å². The second-order valence-corrected chi connectivity index (χ2v) is 12.1. The lowest BCUT2D eigenvalue weighted by atomic mass is 9.98. The van der Waals surface area contributed by atoms with Crippen LogP contribution in [0.2, 0.25) is 0 Å². The first-order valence-electron chi connectivity index (χ1n) is 15.7. The van der Waals surface area contributed by atoms with E-state index in [-0.39, 0.29) is 29.8 Å². The number of nitrogens with zero attached hydrogens (tertiary/aromatic N) is 6. The molecule has 2 aromatic carbocycles. The molecule has 20 nitrogen and oxygen atoms in total. The number of aromatic nitrogens is 6. The van der Waals surface area contributed by atoms with Crippen molar-refractivity contribution in [3.05, 3.63) is 70.4 Å². The topological polar surface area (TPSA) is 290 Å². The van der Waals surface area contributed by atoms with Crippen LogP contribution in [0.4, 0.5) is 0 Å². The molecule has 2 aliphatic heterocycles. The zero-order valence-corrected chi connectivity index (χ0v) is 26.4. The number of fused-ring (bicyclic) bond motifs is 2. The first-order chi connectivity index (χ1) is 24.6. The van der Waals surface area contributed by atoms with E-state index in [4.69, 9.17) is 23.4 Å². The van der Waals surface area contributed by atoms with Gasteiger partial charge in [0.1, 0.15) is 96.1 Å². The maximum absolute atomic E-state index is 13.3. The predicted molar refractivity (Wildman–Crippen MR) is 167 cm³/mol. The molecule has 10 atom stereocenters. The zero-order valence-electron chi connectivity index (χ0n) is 26.4. The number of ether oxygens (including phenoxy) is 4. The summed E-state index contributed by atoms with van der Waals surface area (Å²) in [6.45, 7) is -1.34. The monoisotopic (exact) mass is 714 g/mol.